The maximum Gasteiger partial charge on any atom is 0.317 e. The lowest BCUT2D eigenvalue weighted by molar-refractivity contribution is -0.143. The van der Waals surface area contributed by atoms with Crippen LogP contribution in [0.15, 0.2) is 30.3 Å². The van der Waals surface area contributed by atoms with Crippen LogP contribution in [0.1, 0.15) is 38.2 Å². The average Bonchev–Trinajstić information content (AvgIpc) is 3.01. The van der Waals surface area contributed by atoms with Crippen molar-refractivity contribution in [2.75, 3.05) is 26.2 Å². The Morgan fingerprint density at radius 2 is 2.00 bits per heavy atom. The molecule has 3 rings (SSSR count). The molecule has 2 atom stereocenters. The summed E-state index contributed by atoms with van der Waals surface area (Å²) in [5.41, 5.74) is 1.22. The molecule has 2 unspecified atom stereocenters. The van der Waals surface area contributed by atoms with Gasteiger partial charge in [-0.3, -0.25) is 9.69 Å². The molecule has 2 aliphatic rings. The smallest absolute Gasteiger partial charge is 0.317 e. The quantitative estimate of drug-likeness (QED) is 0.847. The Morgan fingerprint density at radius 1 is 1.23 bits per heavy atom. The van der Waals surface area contributed by atoms with Crippen LogP contribution in [0.3, 0.4) is 0 Å². The monoisotopic (exact) mass is 359 g/mol. The highest BCUT2D eigenvalue weighted by molar-refractivity contribution is 5.76. The van der Waals surface area contributed by atoms with Gasteiger partial charge in [0.2, 0.25) is 0 Å². The van der Waals surface area contributed by atoms with Gasteiger partial charge in [-0.2, -0.15) is 0 Å². The van der Waals surface area contributed by atoms with Crippen LogP contribution in [0.4, 0.5) is 4.79 Å². The molecule has 2 fully saturated rings. The van der Waals surface area contributed by atoms with Gasteiger partial charge in [0.1, 0.15) is 0 Å². The second-order valence-corrected chi connectivity index (χ2v) is 7.79. The van der Waals surface area contributed by atoms with Crippen LogP contribution < -0.4 is 5.32 Å². The van der Waals surface area contributed by atoms with Crippen molar-refractivity contribution in [1.82, 2.24) is 15.1 Å². The van der Waals surface area contributed by atoms with Crippen molar-refractivity contribution < 1.29 is 14.7 Å². The molecule has 6 nitrogen and oxygen atoms in total. The molecule has 0 saturated carbocycles. The van der Waals surface area contributed by atoms with Crippen molar-refractivity contribution in [2.45, 2.75) is 44.7 Å². The number of nitrogens with one attached hydrogen (secondary N) is 1. The predicted octanol–water partition coefficient (Wildman–Crippen LogP) is 2.55. The molecule has 142 valence electrons. The van der Waals surface area contributed by atoms with E-state index in [9.17, 15) is 14.7 Å². The number of benzene rings is 1. The van der Waals surface area contributed by atoms with Gasteiger partial charge in [-0.1, -0.05) is 30.3 Å². The second kappa shape index (κ2) is 8.08. The number of carboxylic acid groups (broad SMARTS) is 1. The lowest BCUT2D eigenvalue weighted by Gasteiger charge is -2.37. The van der Waals surface area contributed by atoms with E-state index in [0.29, 0.717) is 26.1 Å². The molecule has 26 heavy (non-hydrogen) atoms. The Hall–Kier alpha value is -2.08. The summed E-state index contributed by atoms with van der Waals surface area (Å²) >= 11 is 0. The van der Waals surface area contributed by atoms with Crippen LogP contribution in [0.2, 0.25) is 0 Å². The highest BCUT2D eigenvalue weighted by Crippen LogP contribution is 2.30. The van der Waals surface area contributed by atoms with E-state index in [4.69, 9.17) is 0 Å². The fourth-order valence-corrected chi connectivity index (χ4v) is 4.09. The van der Waals surface area contributed by atoms with Crippen LogP contribution in [0, 0.1) is 5.92 Å². The largest absolute Gasteiger partial charge is 0.481 e. The zero-order chi connectivity index (χ0) is 18.6. The number of piperidine rings is 1. The van der Waals surface area contributed by atoms with Crippen LogP contribution >= 0.6 is 0 Å². The molecular weight excluding hydrogens is 330 g/mol. The third kappa shape index (κ3) is 4.36. The Kier molecular flexibility index (Phi) is 5.81. The summed E-state index contributed by atoms with van der Waals surface area (Å²) in [5.74, 6) is -1.24. The maximum absolute atomic E-state index is 12.5. The Labute approximate surface area is 155 Å². The van der Waals surface area contributed by atoms with Gasteiger partial charge in [0.25, 0.3) is 0 Å². The van der Waals surface area contributed by atoms with E-state index in [1.165, 1.54) is 5.56 Å². The van der Waals surface area contributed by atoms with Crippen LogP contribution in [-0.2, 0) is 11.3 Å². The Bertz CT molecular complexity index is 636. The Morgan fingerprint density at radius 3 is 2.73 bits per heavy atom. The molecule has 1 aromatic carbocycles. The van der Waals surface area contributed by atoms with Crippen molar-refractivity contribution in [3.05, 3.63) is 35.9 Å². The Balaban J connectivity index is 1.55. The lowest BCUT2D eigenvalue weighted by atomic mass is 9.97. The highest BCUT2D eigenvalue weighted by atomic mass is 16.4. The van der Waals surface area contributed by atoms with Gasteiger partial charge in [0, 0.05) is 31.7 Å². The number of hydrogen-bond acceptors (Lipinski definition) is 3. The first-order valence-electron chi connectivity index (χ1n) is 9.52. The standard InChI is InChI=1S/C20H29N3O3/c1-20(10-6-12-23(20)13-16-7-3-2-4-8-16)15-21-19(26)22-11-5-9-17(14-22)18(24)25/h2-4,7-8,17H,5-6,9-15H2,1H3,(H,21,26)(H,24,25). The van der Waals surface area contributed by atoms with Crippen molar-refractivity contribution in [1.29, 1.82) is 0 Å². The zero-order valence-corrected chi connectivity index (χ0v) is 15.5. The van der Waals surface area contributed by atoms with E-state index >= 15 is 0 Å². The summed E-state index contributed by atoms with van der Waals surface area (Å²) in [6.07, 6.45) is 3.59. The summed E-state index contributed by atoms with van der Waals surface area (Å²) < 4.78 is 0. The molecule has 2 N–H and O–H groups in total. The van der Waals surface area contributed by atoms with Crippen molar-refractivity contribution in [3.63, 3.8) is 0 Å². The molecule has 2 heterocycles. The zero-order valence-electron chi connectivity index (χ0n) is 15.5. The summed E-state index contributed by atoms with van der Waals surface area (Å²) in [6, 6.07) is 10.3. The molecule has 0 bridgehead atoms. The summed E-state index contributed by atoms with van der Waals surface area (Å²) in [6.45, 7) is 5.67. The molecule has 6 heteroatoms. The van der Waals surface area contributed by atoms with Crippen LogP contribution in [-0.4, -0.2) is 58.6 Å². The molecular formula is C20H29N3O3. The van der Waals surface area contributed by atoms with Crippen molar-refractivity contribution >= 4 is 12.0 Å². The predicted molar refractivity (Wildman–Crippen MR) is 99.8 cm³/mol. The number of carbonyl (C=O) groups is 2. The normalized spacial score (nSPS) is 26.7. The number of carbonyl (C=O) groups excluding carboxylic acids is 1. The highest BCUT2D eigenvalue weighted by Gasteiger charge is 2.37. The second-order valence-electron chi connectivity index (χ2n) is 7.79. The molecule has 0 aromatic heterocycles. The molecule has 0 aliphatic carbocycles. The molecule has 2 aliphatic heterocycles. The average molecular weight is 359 g/mol. The van der Waals surface area contributed by atoms with Gasteiger partial charge >= 0.3 is 12.0 Å². The van der Waals surface area contributed by atoms with E-state index in [1.54, 1.807) is 4.90 Å². The fourth-order valence-electron chi connectivity index (χ4n) is 4.09. The third-order valence-electron chi connectivity index (χ3n) is 5.80. The molecule has 0 spiro atoms. The van der Waals surface area contributed by atoms with E-state index in [0.717, 1.165) is 32.4 Å². The number of likely N-dealkylation sites (tertiary alicyclic amines) is 2. The van der Waals surface area contributed by atoms with Crippen molar-refractivity contribution in [2.24, 2.45) is 5.92 Å². The number of rotatable bonds is 5. The lowest BCUT2D eigenvalue weighted by Crippen LogP contribution is -2.53. The van der Waals surface area contributed by atoms with Crippen LogP contribution in [0.5, 0.6) is 0 Å². The van der Waals surface area contributed by atoms with Crippen molar-refractivity contribution in [3.8, 4) is 0 Å². The first kappa shape index (κ1) is 18.7. The number of aliphatic carboxylic acids is 1. The van der Waals surface area contributed by atoms with Gasteiger partial charge in [-0.05, 0) is 44.7 Å². The summed E-state index contributed by atoms with van der Waals surface area (Å²) in [4.78, 5) is 27.8. The van der Waals surface area contributed by atoms with Gasteiger partial charge in [-0.15, -0.1) is 0 Å². The minimum absolute atomic E-state index is 0.0620. The van der Waals surface area contributed by atoms with E-state index in [1.807, 2.05) is 6.07 Å². The molecule has 1 aromatic rings. The van der Waals surface area contributed by atoms with Gasteiger partial charge in [-0.25, -0.2) is 4.79 Å². The summed E-state index contributed by atoms with van der Waals surface area (Å²) in [7, 11) is 0. The number of nitrogens with zero attached hydrogens (tertiary/aromatic N) is 2. The molecule has 2 amide bonds. The maximum atomic E-state index is 12.5. The fraction of sp³-hybridized carbons (Fsp3) is 0.600. The minimum atomic E-state index is -0.806. The molecule has 2 saturated heterocycles. The summed E-state index contributed by atoms with van der Waals surface area (Å²) in [5, 5.41) is 12.3. The molecule has 0 radical (unpaired) electrons. The topological polar surface area (TPSA) is 72.9 Å². The third-order valence-corrected chi connectivity index (χ3v) is 5.80. The number of hydrogen-bond donors (Lipinski definition) is 2. The number of urea groups is 1. The van der Waals surface area contributed by atoms with E-state index in [2.05, 4.69) is 41.4 Å². The minimum Gasteiger partial charge on any atom is -0.481 e. The number of carboxylic acids is 1. The van der Waals surface area contributed by atoms with Gasteiger partial charge < -0.3 is 15.3 Å². The van der Waals surface area contributed by atoms with E-state index < -0.39 is 11.9 Å². The number of amides is 2. The van der Waals surface area contributed by atoms with Crippen LogP contribution in [0.25, 0.3) is 0 Å². The first-order chi connectivity index (χ1) is 12.5. The first-order valence-corrected chi connectivity index (χ1v) is 9.52. The SMILES string of the molecule is CC1(CNC(=O)N2CCCC(C(=O)O)C2)CCCN1Cc1ccccc1. The van der Waals surface area contributed by atoms with E-state index in [-0.39, 0.29) is 11.6 Å². The van der Waals surface area contributed by atoms with Gasteiger partial charge in [0.05, 0.1) is 5.92 Å². The van der Waals surface area contributed by atoms with Gasteiger partial charge in [0.15, 0.2) is 0 Å².